The maximum Gasteiger partial charge on any atom is 0.0670 e. The van der Waals surface area contributed by atoms with Gasteiger partial charge in [0, 0.05) is 39.3 Å². The van der Waals surface area contributed by atoms with Gasteiger partial charge in [0.1, 0.15) is 0 Å². The van der Waals surface area contributed by atoms with Gasteiger partial charge in [-0.25, -0.2) is 0 Å². The minimum atomic E-state index is 0.352. The van der Waals surface area contributed by atoms with Crippen molar-refractivity contribution < 1.29 is 4.74 Å². The van der Waals surface area contributed by atoms with Gasteiger partial charge in [-0.3, -0.25) is 4.90 Å². The molecule has 1 aliphatic heterocycles. The highest BCUT2D eigenvalue weighted by molar-refractivity contribution is 4.77. The zero-order valence-electron chi connectivity index (χ0n) is 8.34. The van der Waals surface area contributed by atoms with Crippen LogP contribution in [0.2, 0.25) is 0 Å². The molecular formula is C9H20N2O. The molecule has 2 unspecified atom stereocenters. The third-order valence-corrected chi connectivity index (χ3v) is 2.53. The van der Waals surface area contributed by atoms with Gasteiger partial charge < -0.3 is 10.1 Å². The molecule has 0 spiro atoms. The van der Waals surface area contributed by atoms with Crippen LogP contribution < -0.4 is 5.32 Å². The number of hydrogen-bond acceptors (Lipinski definition) is 3. The maximum atomic E-state index is 5.24. The van der Waals surface area contributed by atoms with Crippen molar-refractivity contribution in [2.24, 2.45) is 0 Å². The predicted molar refractivity (Wildman–Crippen MR) is 50.4 cm³/mol. The minimum Gasteiger partial charge on any atom is -0.380 e. The maximum absolute atomic E-state index is 5.24. The summed E-state index contributed by atoms with van der Waals surface area (Å²) >= 11 is 0. The van der Waals surface area contributed by atoms with E-state index in [-0.39, 0.29) is 0 Å². The van der Waals surface area contributed by atoms with Crippen molar-refractivity contribution in [3.8, 4) is 0 Å². The molecule has 1 saturated heterocycles. The Morgan fingerprint density at radius 2 is 2.42 bits per heavy atom. The van der Waals surface area contributed by atoms with E-state index in [1.807, 2.05) is 0 Å². The molecule has 12 heavy (non-hydrogen) atoms. The zero-order valence-corrected chi connectivity index (χ0v) is 8.34. The highest BCUT2D eigenvalue weighted by Crippen LogP contribution is 2.04. The molecule has 3 nitrogen and oxygen atoms in total. The average molecular weight is 172 g/mol. The van der Waals surface area contributed by atoms with Crippen molar-refractivity contribution in [1.82, 2.24) is 10.2 Å². The number of hydrogen-bond donors (Lipinski definition) is 1. The van der Waals surface area contributed by atoms with Crippen LogP contribution in [0.3, 0.4) is 0 Å². The van der Waals surface area contributed by atoms with Crippen LogP contribution in [-0.2, 0) is 4.74 Å². The fraction of sp³-hybridized carbons (Fsp3) is 1.00. The number of methoxy groups -OCH3 is 1. The smallest absolute Gasteiger partial charge is 0.0670 e. The number of ether oxygens (including phenoxy) is 1. The van der Waals surface area contributed by atoms with Crippen molar-refractivity contribution in [2.45, 2.75) is 26.0 Å². The van der Waals surface area contributed by atoms with E-state index < -0.39 is 0 Å². The summed E-state index contributed by atoms with van der Waals surface area (Å²) in [6.45, 7) is 8.80. The van der Waals surface area contributed by atoms with E-state index >= 15 is 0 Å². The Morgan fingerprint density at radius 1 is 1.67 bits per heavy atom. The van der Waals surface area contributed by atoms with E-state index in [0.29, 0.717) is 12.1 Å². The average Bonchev–Trinajstić information content (AvgIpc) is 2.09. The van der Waals surface area contributed by atoms with Gasteiger partial charge in [0.2, 0.25) is 0 Å². The number of piperazine rings is 1. The molecular weight excluding hydrogens is 152 g/mol. The van der Waals surface area contributed by atoms with Gasteiger partial charge in [-0.1, -0.05) is 0 Å². The van der Waals surface area contributed by atoms with Gasteiger partial charge in [0.15, 0.2) is 0 Å². The molecule has 1 rings (SSSR count). The van der Waals surface area contributed by atoms with E-state index in [1.165, 1.54) is 0 Å². The topological polar surface area (TPSA) is 24.5 Å². The highest BCUT2D eigenvalue weighted by atomic mass is 16.5. The first kappa shape index (κ1) is 9.96. The van der Waals surface area contributed by atoms with Gasteiger partial charge >= 0.3 is 0 Å². The molecule has 0 aromatic carbocycles. The van der Waals surface area contributed by atoms with Gasteiger partial charge in [-0.05, 0) is 13.8 Å². The Labute approximate surface area is 75.1 Å². The van der Waals surface area contributed by atoms with Gasteiger partial charge in [0.25, 0.3) is 0 Å². The first-order chi connectivity index (χ1) is 5.74. The summed E-state index contributed by atoms with van der Waals surface area (Å²) in [7, 11) is 1.78. The second-order valence-corrected chi connectivity index (χ2v) is 3.59. The summed E-state index contributed by atoms with van der Waals surface area (Å²) in [6, 6.07) is 0.649. The van der Waals surface area contributed by atoms with Crippen LogP contribution in [0.15, 0.2) is 0 Å². The zero-order chi connectivity index (χ0) is 8.97. The van der Waals surface area contributed by atoms with Crippen LogP contribution in [0.4, 0.5) is 0 Å². The lowest BCUT2D eigenvalue weighted by Crippen LogP contribution is -2.51. The van der Waals surface area contributed by atoms with Crippen LogP contribution in [0.5, 0.6) is 0 Å². The lowest BCUT2D eigenvalue weighted by Gasteiger charge is -2.35. The summed E-state index contributed by atoms with van der Waals surface area (Å²) in [5.41, 5.74) is 0. The summed E-state index contributed by atoms with van der Waals surface area (Å²) in [5, 5.41) is 3.37. The normalized spacial score (nSPS) is 28.8. The van der Waals surface area contributed by atoms with Crippen molar-refractivity contribution in [3.05, 3.63) is 0 Å². The lowest BCUT2D eigenvalue weighted by atomic mass is 10.2. The molecule has 0 bridgehead atoms. The van der Waals surface area contributed by atoms with Crippen LogP contribution in [-0.4, -0.2) is 50.3 Å². The minimum absolute atomic E-state index is 0.352. The Balaban J connectivity index is 2.28. The summed E-state index contributed by atoms with van der Waals surface area (Å²) < 4.78 is 5.24. The molecule has 1 N–H and O–H groups in total. The second kappa shape index (κ2) is 4.80. The molecule has 0 saturated carbocycles. The third-order valence-electron chi connectivity index (χ3n) is 2.53. The SMILES string of the molecule is COC(C)CN1CCNCC1C. The van der Waals surface area contributed by atoms with Crippen molar-refractivity contribution >= 4 is 0 Å². The Morgan fingerprint density at radius 3 is 3.00 bits per heavy atom. The van der Waals surface area contributed by atoms with Crippen LogP contribution >= 0.6 is 0 Å². The molecule has 1 fully saturated rings. The molecule has 0 aromatic heterocycles. The van der Waals surface area contributed by atoms with Crippen LogP contribution in [0.25, 0.3) is 0 Å². The molecule has 0 aliphatic carbocycles. The summed E-state index contributed by atoms with van der Waals surface area (Å²) in [5.74, 6) is 0. The van der Waals surface area contributed by atoms with E-state index in [2.05, 4.69) is 24.1 Å². The molecule has 1 aliphatic rings. The van der Waals surface area contributed by atoms with Gasteiger partial charge in [-0.2, -0.15) is 0 Å². The Hall–Kier alpha value is -0.120. The van der Waals surface area contributed by atoms with Crippen molar-refractivity contribution in [1.29, 1.82) is 0 Å². The fourth-order valence-electron chi connectivity index (χ4n) is 1.56. The Kier molecular flexibility index (Phi) is 3.98. The molecule has 2 atom stereocenters. The summed E-state index contributed by atoms with van der Waals surface area (Å²) in [4.78, 5) is 2.48. The largest absolute Gasteiger partial charge is 0.380 e. The van der Waals surface area contributed by atoms with Crippen molar-refractivity contribution in [2.75, 3.05) is 33.3 Å². The number of rotatable bonds is 3. The molecule has 0 radical (unpaired) electrons. The van der Waals surface area contributed by atoms with E-state index in [1.54, 1.807) is 7.11 Å². The molecule has 3 heteroatoms. The highest BCUT2D eigenvalue weighted by Gasteiger charge is 2.18. The van der Waals surface area contributed by atoms with E-state index in [0.717, 1.165) is 26.2 Å². The lowest BCUT2D eigenvalue weighted by molar-refractivity contribution is 0.0550. The number of nitrogens with one attached hydrogen (secondary N) is 1. The van der Waals surface area contributed by atoms with Gasteiger partial charge in [-0.15, -0.1) is 0 Å². The van der Waals surface area contributed by atoms with Crippen LogP contribution in [0, 0.1) is 0 Å². The quantitative estimate of drug-likeness (QED) is 0.663. The Bertz CT molecular complexity index is 130. The van der Waals surface area contributed by atoms with Crippen molar-refractivity contribution in [3.63, 3.8) is 0 Å². The monoisotopic (exact) mass is 172 g/mol. The molecule has 0 amide bonds. The number of nitrogens with zero attached hydrogens (tertiary/aromatic N) is 1. The van der Waals surface area contributed by atoms with E-state index in [4.69, 9.17) is 4.74 Å². The fourth-order valence-corrected chi connectivity index (χ4v) is 1.56. The summed E-state index contributed by atoms with van der Waals surface area (Å²) in [6.07, 6.45) is 0.352. The molecule has 1 heterocycles. The van der Waals surface area contributed by atoms with Crippen LogP contribution in [0.1, 0.15) is 13.8 Å². The third kappa shape index (κ3) is 2.73. The first-order valence-electron chi connectivity index (χ1n) is 4.71. The predicted octanol–water partition coefficient (Wildman–Crippen LogP) is 0.315. The first-order valence-corrected chi connectivity index (χ1v) is 4.71. The molecule has 0 aromatic rings. The second-order valence-electron chi connectivity index (χ2n) is 3.59. The standard InChI is InChI=1S/C9H20N2O/c1-8-6-10-4-5-11(8)7-9(2)12-3/h8-10H,4-7H2,1-3H3. The molecule has 72 valence electrons. The van der Waals surface area contributed by atoms with Gasteiger partial charge in [0.05, 0.1) is 6.10 Å². The van der Waals surface area contributed by atoms with E-state index in [9.17, 15) is 0 Å².